The number of rotatable bonds is 4. The Morgan fingerprint density at radius 2 is 2.03 bits per heavy atom. The third kappa shape index (κ3) is 3.66. The summed E-state index contributed by atoms with van der Waals surface area (Å²) in [4.78, 5) is 21.8. The molecule has 8 nitrogen and oxygen atoms in total. The van der Waals surface area contributed by atoms with E-state index < -0.39 is 0 Å². The number of nitrogens with one attached hydrogen (secondary N) is 1. The van der Waals surface area contributed by atoms with Crippen molar-refractivity contribution in [2.75, 3.05) is 18.0 Å². The van der Waals surface area contributed by atoms with Gasteiger partial charge in [0, 0.05) is 23.7 Å². The number of tetrazole rings is 1. The molecule has 0 unspecified atom stereocenters. The van der Waals surface area contributed by atoms with Crippen molar-refractivity contribution in [3.63, 3.8) is 0 Å². The van der Waals surface area contributed by atoms with Crippen LogP contribution in [0.15, 0.2) is 61.1 Å². The minimum atomic E-state index is -0.0601. The molecule has 1 atom stereocenters. The zero-order valence-corrected chi connectivity index (χ0v) is 17.3. The topological polar surface area (TPSA) is 88.8 Å². The highest BCUT2D eigenvalue weighted by Gasteiger charge is 2.30. The number of anilines is 1. The molecule has 1 aliphatic heterocycles. The number of nitrogens with zero attached hydrogens (tertiary/aromatic N) is 6. The number of amides is 1. The molecule has 0 bridgehead atoms. The molecular weight excluding hydrogens is 390 g/mol. The van der Waals surface area contributed by atoms with Gasteiger partial charge in [-0.15, -0.1) is 15.0 Å². The predicted molar refractivity (Wildman–Crippen MR) is 118 cm³/mol. The fraction of sp³-hybridized carbons (Fsp3) is 0.261. The first kappa shape index (κ1) is 19.3. The van der Waals surface area contributed by atoms with Crippen molar-refractivity contribution >= 4 is 22.5 Å². The number of carbonyl (C=O) groups is 1. The normalized spacial score (nSPS) is 16.4. The van der Waals surface area contributed by atoms with Gasteiger partial charge in [0.05, 0.1) is 11.7 Å². The summed E-state index contributed by atoms with van der Waals surface area (Å²) in [6, 6.07) is 15.5. The van der Waals surface area contributed by atoms with Gasteiger partial charge in [0.15, 0.2) is 6.33 Å². The summed E-state index contributed by atoms with van der Waals surface area (Å²) in [6.07, 6.45) is 5.12. The van der Waals surface area contributed by atoms with E-state index in [1.807, 2.05) is 41.3 Å². The van der Waals surface area contributed by atoms with E-state index in [1.54, 1.807) is 6.20 Å². The molecule has 2 aromatic carbocycles. The Hall–Kier alpha value is -3.65. The molecular formula is C23H23N7O. The van der Waals surface area contributed by atoms with Gasteiger partial charge in [0.1, 0.15) is 5.82 Å². The molecule has 31 heavy (non-hydrogen) atoms. The zero-order valence-electron chi connectivity index (χ0n) is 17.3. The largest absolute Gasteiger partial charge is 0.315 e. The Balaban J connectivity index is 1.58. The summed E-state index contributed by atoms with van der Waals surface area (Å²) in [5, 5.41) is 17.2. The average Bonchev–Trinajstić information content (AvgIpc) is 3.35. The average molecular weight is 413 g/mol. The van der Waals surface area contributed by atoms with Gasteiger partial charge in [-0.05, 0) is 72.8 Å². The predicted octanol–water partition coefficient (Wildman–Crippen LogP) is 2.92. The maximum atomic E-state index is 13.8. The first-order valence-electron chi connectivity index (χ1n) is 10.4. The Labute approximate surface area is 179 Å². The number of piperidine rings is 1. The van der Waals surface area contributed by atoms with E-state index >= 15 is 0 Å². The number of hydrogen-bond acceptors (Lipinski definition) is 6. The molecule has 1 aliphatic rings. The molecule has 0 aliphatic carbocycles. The molecule has 156 valence electrons. The van der Waals surface area contributed by atoms with Gasteiger partial charge in [-0.1, -0.05) is 18.2 Å². The Morgan fingerprint density at radius 1 is 1.16 bits per heavy atom. The summed E-state index contributed by atoms with van der Waals surface area (Å²) < 4.78 is 0. The third-order valence-electron chi connectivity index (χ3n) is 5.76. The molecule has 3 heterocycles. The van der Waals surface area contributed by atoms with Crippen LogP contribution in [-0.2, 0) is 0 Å². The molecule has 4 aromatic rings. The van der Waals surface area contributed by atoms with Crippen molar-refractivity contribution in [3.05, 3.63) is 72.2 Å². The van der Waals surface area contributed by atoms with Gasteiger partial charge < -0.3 is 5.32 Å². The number of carbonyl (C=O) groups excluding carboxylic acids is 1. The summed E-state index contributed by atoms with van der Waals surface area (Å²) in [7, 11) is 0. The highest BCUT2D eigenvalue weighted by atomic mass is 16.2. The number of aromatic nitrogens is 5. The Morgan fingerprint density at radius 3 is 2.77 bits per heavy atom. The lowest BCUT2D eigenvalue weighted by molar-refractivity contribution is 0.0972. The Kier molecular flexibility index (Phi) is 5.13. The van der Waals surface area contributed by atoms with Crippen LogP contribution in [0.2, 0.25) is 0 Å². The van der Waals surface area contributed by atoms with E-state index in [4.69, 9.17) is 4.98 Å². The van der Waals surface area contributed by atoms with E-state index in [2.05, 4.69) is 39.8 Å². The lowest BCUT2D eigenvalue weighted by atomic mass is 10.0. The number of fused-ring (bicyclic) bond motifs is 1. The first-order valence-corrected chi connectivity index (χ1v) is 10.4. The van der Waals surface area contributed by atoms with Gasteiger partial charge >= 0.3 is 0 Å². The summed E-state index contributed by atoms with van der Waals surface area (Å²) in [5.41, 5.74) is 2.45. The molecule has 5 rings (SSSR count). The Bertz CT molecular complexity index is 1190. The molecule has 1 amide bonds. The van der Waals surface area contributed by atoms with Gasteiger partial charge in [-0.3, -0.25) is 9.69 Å². The fourth-order valence-electron chi connectivity index (χ4n) is 4.22. The van der Waals surface area contributed by atoms with Crippen LogP contribution >= 0.6 is 0 Å². The smallest absolute Gasteiger partial charge is 0.259 e. The summed E-state index contributed by atoms with van der Waals surface area (Å²) in [6.45, 7) is 3.78. The molecule has 0 spiro atoms. The minimum absolute atomic E-state index is 0.0376. The SMILES string of the molecule is Cc1cccc2ccnc(N(C(=O)c3ccc(-n4ncnn4)cc3)[C@@H]3CCCNC3)c12. The van der Waals surface area contributed by atoms with Crippen molar-refractivity contribution < 1.29 is 4.79 Å². The first-order chi connectivity index (χ1) is 15.2. The number of aryl methyl sites for hydroxylation is 1. The second kappa shape index (κ2) is 8.23. The molecule has 1 saturated heterocycles. The van der Waals surface area contributed by atoms with E-state index in [0.717, 1.165) is 53.8 Å². The second-order valence-corrected chi connectivity index (χ2v) is 7.76. The van der Waals surface area contributed by atoms with Crippen LogP contribution < -0.4 is 10.2 Å². The van der Waals surface area contributed by atoms with E-state index in [0.29, 0.717) is 5.56 Å². The van der Waals surface area contributed by atoms with Crippen LogP contribution in [0.3, 0.4) is 0 Å². The molecule has 8 heteroatoms. The second-order valence-electron chi connectivity index (χ2n) is 7.76. The van der Waals surface area contributed by atoms with Crippen LogP contribution in [0.4, 0.5) is 5.82 Å². The number of benzene rings is 2. The van der Waals surface area contributed by atoms with Crippen molar-refractivity contribution in [1.82, 2.24) is 30.5 Å². The van der Waals surface area contributed by atoms with E-state index in [-0.39, 0.29) is 11.9 Å². The lowest BCUT2D eigenvalue weighted by Crippen LogP contribution is -2.49. The molecule has 2 aromatic heterocycles. The van der Waals surface area contributed by atoms with Crippen molar-refractivity contribution in [2.24, 2.45) is 0 Å². The monoisotopic (exact) mass is 413 g/mol. The molecule has 1 N–H and O–H groups in total. The molecule has 0 saturated carbocycles. The minimum Gasteiger partial charge on any atom is -0.315 e. The van der Waals surface area contributed by atoms with E-state index in [9.17, 15) is 4.79 Å². The van der Waals surface area contributed by atoms with Crippen molar-refractivity contribution in [3.8, 4) is 5.69 Å². The molecule has 1 fully saturated rings. The fourth-order valence-corrected chi connectivity index (χ4v) is 4.22. The quantitative estimate of drug-likeness (QED) is 0.553. The van der Waals surface area contributed by atoms with Crippen molar-refractivity contribution in [2.45, 2.75) is 25.8 Å². The maximum absolute atomic E-state index is 13.8. The third-order valence-corrected chi connectivity index (χ3v) is 5.76. The summed E-state index contributed by atoms with van der Waals surface area (Å²) >= 11 is 0. The zero-order chi connectivity index (χ0) is 21.2. The van der Waals surface area contributed by atoms with Crippen molar-refractivity contribution in [1.29, 1.82) is 0 Å². The highest BCUT2D eigenvalue weighted by Crippen LogP contribution is 2.31. The van der Waals surface area contributed by atoms with Crippen LogP contribution in [0, 0.1) is 6.92 Å². The number of hydrogen-bond donors (Lipinski definition) is 1. The lowest BCUT2D eigenvalue weighted by Gasteiger charge is -2.35. The van der Waals surface area contributed by atoms with Gasteiger partial charge in [-0.2, -0.15) is 0 Å². The van der Waals surface area contributed by atoms with Crippen LogP contribution in [0.1, 0.15) is 28.8 Å². The number of pyridine rings is 1. The van der Waals surface area contributed by atoms with Crippen LogP contribution in [0.25, 0.3) is 16.5 Å². The van der Waals surface area contributed by atoms with Gasteiger partial charge in [0.25, 0.3) is 5.91 Å². The maximum Gasteiger partial charge on any atom is 0.259 e. The highest BCUT2D eigenvalue weighted by molar-refractivity contribution is 6.10. The van der Waals surface area contributed by atoms with Crippen LogP contribution in [-0.4, -0.2) is 50.2 Å². The van der Waals surface area contributed by atoms with Gasteiger partial charge in [-0.25, -0.2) is 4.98 Å². The standard InChI is InChI=1S/C23H23N7O/c1-16-4-2-5-17-11-13-25-22(21(16)17)29(20-6-3-12-24-14-20)23(31)18-7-9-19(10-8-18)30-27-15-26-28-30/h2,4-5,7-11,13,15,20,24H,3,6,12,14H2,1H3/t20-/m1/s1. The van der Waals surface area contributed by atoms with Crippen LogP contribution in [0.5, 0.6) is 0 Å². The van der Waals surface area contributed by atoms with E-state index in [1.165, 1.54) is 11.1 Å². The van der Waals surface area contributed by atoms with Gasteiger partial charge in [0.2, 0.25) is 0 Å². The molecule has 0 radical (unpaired) electrons. The summed E-state index contributed by atoms with van der Waals surface area (Å²) in [5.74, 6) is 0.659.